The van der Waals surface area contributed by atoms with Crippen LogP contribution in [0.1, 0.15) is 11.1 Å². The molecule has 0 saturated carbocycles. The highest BCUT2D eigenvalue weighted by Gasteiger charge is 2.34. The lowest BCUT2D eigenvalue weighted by molar-refractivity contribution is -0.113. The lowest BCUT2D eigenvalue weighted by Gasteiger charge is -2.29. The fourth-order valence-electron chi connectivity index (χ4n) is 3.44. The third-order valence-electron chi connectivity index (χ3n) is 5.08. The van der Waals surface area contributed by atoms with Crippen LogP contribution in [0.15, 0.2) is 94.9 Å². The third-order valence-corrected chi connectivity index (χ3v) is 6.89. The molecule has 0 aromatic heterocycles. The standard InChI is InChI=1S/C25H19F2NO3S/c26-22-10-6-18(7-11-22)14-20-16-28(32(30,31)24-4-2-1-3-5-24)17-21(25(20)29)15-19-8-12-23(27)13-9-19/h1-15H,16-17H2. The van der Waals surface area contributed by atoms with E-state index in [0.717, 1.165) is 0 Å². The molecule has 0 atom stereocenters. The Morgan fingerprint density at radius 2 is 1.12 bits per heavy atom. The average molecular weight is 451 g/mol. The fourth-order valence-corrected chi connectivity index (χ4v) is 4.86. The maximum Gasteiger partial charge on any atom is 0.243 e. The van der Waals surface area contributed by atoms with Crippen molar-refractivity contribution in [3.8, 4) is 0 Å². The Labute approximate surface area is 185 Å². The summed E-state index contributed by atoms with van der Waals surface area (Å²) in [5, 5.41) is 0. The van der Waals surface area contributed by atoms with Crippen molar-refractivity contribution in [1.82, 2.24) is 4.31 Å². The van der Waals surface area contributed by atoms with Crippen LogP contribution < -0.4 is 0 Å². The van der Waals surface area contributed by atoms with Gasteiger partial charge in [0, 0.05) is 24.2 Å². The summed E-state index contributed by atoms with van der Waals surface area (Å²) in [6.07, 6.45) is 3.12. The second kappa shape index (κ2) is 8.98. The first-order valence-electron chi connectivity index (χ1n) is 9.85. The number of benzene rings is 3. The van der Waals surface area contributed by atoms with Gasteiger partial charge in [-0.2, -0.15) is 4.31 Å². The highest BCUT2D eigenvalue weighted by Crippen LogP contribution is 2.27. The summed E-state index contributed by atoms with van der Waals surface area (Å²) >= 11 is 0. The molecule has 4 rings (SSSR count). The van der Waals surface area contributed by atoms with Gasteiger partial charge in [-0.3, -0.25) is 4.79 Å². The number of carbonyl (C=O) groups is 1. The zero-order chi connectivity index (χ0) is 22.7. The van der Waals surface area contributed by atoms with Crippen LogP contribution in [0.3, 0.4) is 0 Å². The number of Topliss-reactive ketones (excluding diaryl/α,β-unsaturated/α-hetero) is 1. The summed E-state index contributed by atoms with van der Waals surface area (Å²) < 4.78 is 54.3. The minimum atomic E-state index is -3.87. The van der Waals surface area contributed by atoms with E-state index >= 15 is 0 Å². The molecule has 0 spiro atoms. The smallest absolute Gasteiger partial charge is 0.243 e. The molecule has 7 heteroatoms. The number of hydrogen-bond donors (Lipinski definition) is 0. The number of piperidine rings is 1. The Kier molecular flexibility index (Phi) is 6.12. The minimum absolute atomic E-state index is 0.117. The Hall–Kier alpha value is -3.42. The molecule has 3 aromatic rings. The number of rotatable bonds is 4. The van der Waals surface area contributed by atoms with Gasteiger partial charge in [0.2, 0.25) is 10.0 Å². The van der Waals surface area contributed by atoms with Gasteiger partial charge in [0.1, 0.15) is 11.6 Å². The van der Waals surface area contributed by atoms with Crippen molar-refractivity contribution in [1.29, 1.82) is 0 Å². The second-order valence-corrected chi connectivity index (χ2v) is 9.30. The molecule has 4 nitrogen and oxygen atoms in total. The molecule has 1 saturated heterocycles. The van der Waals surface area contributed by atoms with E-state index < -0.39 is 21.7 Å². The van der Waals surface area contributed by atoms with Gasteiger partial charge < -0.3 is 0 Å². The Balaban J connectivity index is 1.77. The van der Waals surface area contributed by atoms with Gasteiger partial charge in [-0.25, -0.2) is 17.2 Å². The van der Waals surface area contributed by atoms with E-state index in [0.29, 0.717) is 11.1 Å². The van der Waals surface area contributed by atoms with E-state index in [1.165, 1.54) is 65.0 Å². The van der Waals surface area contributed by atoms with Crippen molar-refractivity contribution in [2.45, 2.75) is 4.90 Å². The Morgan fingerprint density at radius 3 is 1.56 bits per heavy atom. The molecule has 0 amide bonds. The van der Waals surface area contributed by atoms with Crippen molar-refractivity contribution in [3.05, 3.63) is 113 Å². The van der Waals surface area contributed by atoms with Gasteiger partial charge >= 0.3 is 0 Å². The Bertz CT molecular complexity index is 1230. The van der Waals surface area contributed by atoms with Crippen LogP contribution in [-0.2, 0) is 14.8 Å². The predicted octanol–water partition coefficient (Wildman–Crippen LogP) is 4.71. The van der Waals surface area contributed by atoms with E-state index in [2.05, 4.69) is 0 Å². The fraction of sp³-hybridized carbons (Fsp3) is 0.0800. The van der Waals surface area contributed by atoms with Crippen molar-refractivity contribution in [2.24, 2.45) is 0 Å². The lowest BCUT2D eigenvalue weighted by Crippen LogP contribution is -2.41. The van der Waals surface area contributed by atoms with Crippen LogP contribution in [0, 0.1) is 11.6 Å². The van der Waals surface area contributed by atoms with Crippen LogP contribution in [-0.4, -0.2) is 31.6 Å². The number of sulfonamides is 1. The molecular formula is C25H19F2NO3S. The van der Waals surface area contributed by atoms with Gasteiger partial charge in [-0.05, 0) is 59.7 Å². The molecule has 3 aromatic carbocycles. The zero-order valence-corrected chi connectivity index (χ0v) is 17.7. The van der Waals surface area contributed by atoms with Crippen molar-refractivity contribution >= 4 is 28.0 Å². The normalized spacial score (nSPS) is 17.8. The van der Waals surface area contributed by atoms with Gasteiger partial charge in [-0.15, -0.1) is 0 Å². The van der Waals surface area contributed by atoms with Crippen LogP contribution in [0.4, 0.5) is 8.78 Å². The molecule has 0 aliphatic carbocycles. The molecule has 0 N–H and O–H groups in total. The van der Waals surface area contributed by atoms with Gasteiger partial charge in [0.15, 0.2) is 5.78 Å². The van der Waals surface area contributed by atoms with Crippen LogP contribution >= 0.6 is 0 Å². The summed E-state index contributed by atoms with van der Waals surface area (Å²) in [4.78, 5) is 13.3. The van der Waals surface area contributed by atoms with Crippen LogP contribution in [0.2, 0.25) is 0 Å². The number of carbonyl (C=O) groups excluding carboxylic acids is 1. The van der Waals surface area contributed by atoms with Crippen molar-refractivity contribution in [2.75, 3.05) is 13.1 Å². The number of ketones is 1. The van der Waals surface area contributed by atoms with Crippen LogP contribution in [0.25, 0.3) is 12.2 Å². The van der Waals surface area contributed by atoms with E-state index in [4.69, 9.17) is 0 Å². The topological polar surface area (TPSA) is 54.5 Å². The zero-order valence-electron chi connectivity index (χ0n) is 16.9. The maximum absolute atomic E-state index is 13.3. The quantitative estimate of drug-likeness (QED) is 0.540. The van der Waals surface area contributed by atoms with Gasteiger partial charge in [0.25, 0.3) is 0 Å². The molecule has 0 unspecified atom stereocenters. The molecule has 1 aliphatic heterocycles. The molecule has 1 aliphatic rings. The number of hydrogen-bond acceptors (Lipinski definition) is 3. The highest BCUT2D eigenvalue weighted by molar-refractivity contribution is 7.89. The first-order chi connectivity index (χ1) is 15.3. The largest absolute Gasteiger partial charge is 0.289 e. The molecule has 162 valence electrons. The molecule has 1 fully saturated rings. The summed E-state index contributed by atoms with van der Waals surface area (Å²) in [6.45, 7) is -0.234. The highest BCUT2D eigenvalue weighted by atomic mass is 32.2. The molecule has 32 heavy (non-hydrogen) atoms. The molecule has 0 bridgehead atoms. The monoisotopic (exact) mass is 451 g/mol. The summed E-state index contributed by atoms with van der Waals surface area (Å²) in [7, 11) is -3.87. The first-order valence-corrected chi connectivity index (χ1v) is 11.3. The van der Waals surface area contributed by atoms with E-state index in [9.17, 15) is 22.0 Å². The van der Waals surface area contributed by atoms with E-state index in [1.807, 2.05) is 0 Å². The van der Waals surface area contributed by atoms with E-state index in [-0.39, 0.29) is 34.9 Å². The molecular weight excluding hydrogens is 432 g/mol. The van der Waals surface area contributed by atoms with E-state index in [1.54, 1.807) is 30.4 Å². The third kappa shape index (κ3) is 4.74. The summed E-state index contributed by atoms with van der Waals surface area (Å²) in [5.41, 5.74) is 1.68. The second-order valence-electron chi connectivity index (χ2n) is 7.36. The summed E-state index contributed by atoms with van der Waals surface area (Å²) in [5.74, 6) is -1.13. The summed E-state index contributed by atoms with van der Waals surface area (Å²) in [6, 6.07) is 19.1. The molecule has 1 heterocycles. The van der Waals surface area contributed by atoms with Crippen molar-refractivity contribution in [3.63, 3.8) is 0 Å². The first kappa shape index (κ1) is 21.8. The van der Waals surface area contributed by atoms with Gasteiger partial charge in [-0.1, -0.05) is 42.5 Å². The Morgan fingerprint density at radius 1 is 0.688 bits per heavy atom. The maximum atomic E-state index is 13.3. The molecule has 0 radical (unpaired) electrons. The average Bonchev–Trinajstić information content (AvgIpc) is 2.80. The van der Waals surface area contributed by atoms with Crippen LogP contribution in [0.5, 0.6) is 0 Å². The SMILES string of the molecule is O=C1C(=Cc2ccc(F)cc2)CN(S(=O)(=O)c2ccccc2)CC1=Cc1ccc(F)cc1. The lowest BCUT2D eigenvalue weighted by atomic mass is 9.95. The van der Waals surface area contributed by atoms with Crippen molar-refractivity contribution < 1.29 is 22.0 Å². The number of halogens is 2. The minimum Gasteiger partial charge on any atom is -0.289 e. The van der Waals surface area contributed by atoms with Gasteiger partial charge in [0.05, 0.1) is 4.90 Å². The number of nitrogens with zero attached hydrogens (tertiary/aromatic N) is 1. The predicted molar refractivity (Wildman–Crippen MR) is 119 cm³/mol.